The molecule has 20 heavy (non-hydrogen) atoms. The maximum absolute atomic E-state index is 11.9. The van der Waals surface area contributed by atoms with Crippen molar-refractivity contribution in [1.29, 1.82) is 0 Å². The molecular weight excluding hydrogens is 260 g/mol. The van der Waals surface area contributed by atoms with E-state index in [0.717, 1.165) is 6.07 Å². The van der Waals surface area contributed by atoms with Gasteiger partial charge in [-0.1, -0.05) is 0 Å². The van der Waals surface area contributed by atoms with Gasteiger partial charge in [0.05, 0.1) is 11.0 Å². The summed E-state index contributed by atoms with van der Waals surface area (Å²) in [7, 11) is 0. The number of non-ortho nitro benzene ring substituents is 1. The van der Waals surface area contributed by atoms with E-state index in [2.05, 4.69) is 5.32 Å². The lowest BCUT2D eigenvalue weighted by atomic mass is 10.0. The van der Waals surface area contributed by atoms with Gasteiger partial charge < -0.3 is 10.4 Å². The van der Waals surface area contributed by atoms with E-state index < -0.39 is 4.92 Å². The standard InChI is InChI=1S/C14H14N2O4/c1-8(2)15-14(18)9-3-4-12-10(5-9)6-11(16(19)20)7-13(12)17/h3-8,17H,1-2H3,(H,15,18). The van der Waals surface area contributed by atoms with Crippen LogP contribution in [0.2, 0.25) is 0 Å². The Bertz CT molecular complexity index is 695. The Morgan fingerprint density at radius 1 is 1.30 bits per heavy atom. The van der Waals surface area contributed by atoms with Crippen LogP contribution >= 0.6 is 0 Å². The number of benzene rings is 2. The molecule has 6 nitrogen and oxygen atoms in total. The number of nitro benzene ring substituents is 1. The predicted octanol–water partition coefficient (Wildman–Crippen LogP) is 2.59. The Balaban J connectivity index is 2.52. The van der Waals surface area contributed by atoms with Crippen LogP contribution in [0.25, 0.3) is 10.8 Å². The van der Waals surface area contributed by atoms with Crippen LogP contribution in [0.5, 0.6) is 5.75 Å². The molecular formula is C14H14N2O4. The van der Waals surface area contributed by atoms with Crippen molar-refractivity contribution in [3.63, 3.8) is 0 Å². The van der Waals surface area contributed by atoms with Crippen molar-refractivity contribution in [1.82, 2.24) is 5.32 Å². The Kier molecular flexibility index (Phi) is 3.56. The number of fused-ring (bicyclic) bond motifs is 1. The molecule has 2 rings (SSSR count). The van der Waals surface area contributed by atoms with Crippen LogP contribution < -0.4 is 5.32 Å². The summed E-state index contributed by atoms with van der Waals surface area (Å²) in [4.78, 5) is 22.1. The number of hydrogen-bond donors (Lipinski definition) is 2. The van der Waals surface area contributed by atoms with Crippen molar-refractivity contribution in [3.05, 3.63) is 46.0 Å². The van der Waals surface area contributed by atoms with E-state index in [1.165, 1.54) is 12.1 Å². The molecule has 0 saturated carbocycles. The zero-order chi connectivity index (χ0) is 14.9. The van der Waals surface area contributed by atoms with Crippen LogP contribution in [-0.4, -0.2) is 22.0 Å². The second kappa shape index (κ2) is 5.16. The van der Waals surface area contributed by atoms with Crippen molar-refractivity contribution in [2.45, 2.75) is 19.9 Å². The fourth-order valence-corrected chi connectivity index (χ4v) is 1.93. The summed E-state index contributed by atoms with van der Waals surface area (Å²) in [6.45, 7) is 3.69. The van der Waals surface area contributed by atoms with Crippen LogP contribution in [-0.2, 0) is 0 Å². The number of carbonyl (C=O) groups is 1. The smallest absolute Gasteiger partial charge is 0.273 e. The lowest BCUT2D eigenvalue weighted by Gasteiger charge is -2.09. The minimum atomic E-state index is -0.583. The highest BCUT2D eigenvalue weighted by molar-refractivity contribution is 6.00. The van der Waals surface area contributed by atoms with Crippen molar-refractivity contribution < 1.29 is 14.8 Å². The largest absolute Gasteiger partial charge is 0.507 e. The SMILES string of the molecule is CC(C)NC(=O)c1ccc2c(O)cc([N+](=O)[O-])cc2c1. The Hall–Kier alpha value is -2.63. The Morgan fingerprint density at radius 2 is 2.00 bits per heavy atom. The minimum absolute atomic E-state index is 0.00305. The van der Waals surface area contributed by atoms with Gasteiger partial charge in [0.15, 0.2) is 0 Å². The van der Waals surface area contributed by atoms with E-state index in [9.17, 15) is 20.0 Å². The van der Waals surface area contributed by atoms with Crippen molar-refractivity contribution in [2.24, 2.45) is 0 Å². The molecule has 2 aromatic rings. The lowest BCUT2D eigenvalue weighted by molar-refractivity contribution is -0.384. The van der Waals surface area contributed by atoms with Crippen molar-refractivity contribution in [2.75, 3.05) is 0 Å². The zero-order valence-electron chi connectivity index (χ0n) is 11.1. The van der Waals surface area contributed by atoms with Gasteiger partial charge in [-0.2, -0.15) is 0 Å². The first kappa shape index (κ1) is 13.8. The number of nitrogens with one attached hydrogen (secondary N) is 1. The Morgan fingerprint density at radius 3 is 2.60 bits per heavy atom. The fraction of sp³-hybridized carbons (Fsp3) is 0.214. The summed E-state index contributed by atoms with van der Waals surface area (Å²) >= 11 is 0. The third-order valence-corrected chi connectivity index (χ3v) is 2.81. The number of rotatable bonds is 3. The molecule has 0 aliphatic rings. The van der Waals surface area contributed by atoms with Gasteiger partial charge in [0.25, 0.3) is 11.6 Å². The molecule has 0 saturated heterocycles. The first-order valence-corrected chi connectivity index (χ1v) is 6.10. The van der Waals surface area contributed by atoms with Crippen LogP contribution in [0, 0.1) is 10.1 Å². The van der Waals surface area contributed by atoms with Gasteiger partial charge in [0, 0.05) is 23.1 Å². The van der Waals surface area contributed by atoms with E-state index >= 15 is 0 Å². The molecule has 0 radical (unpaired) electrons. The number of phenols is 1. The topological polar surface area (TPSA) is 92.5 Å². The zero-order valence-corrected chi connectivity index (χ0v) is 11.1. The van der Waals surface area contributed by atoms with Gasteiger partial charge in [-0.25, -0.2) is 0 Å². The number of aromatic hydroxyl groups is 1. The fourth-order valence-electron chi connectivity index (χ4n) is 1.93. The van der Waals surface area contributed by atoms with E-state index in [1.807, 2.05) is 13.8 Å². The molecule has 2 N–H and O–H groups in total. The number of nitrogens with zero attached hydrogens (tertiary/aromatic N) is 1. The molecule has 2 aromatic carbocycles. The molecule has 0 aliphatic heterocycles. The number of phenolic OH excluding ortho intramolecular Hbond substituents is 1. The second-order valence-electron chi connectivity index (χ2n) is 4.79. The molecule has 104 valence electrons. The third kappa shape index (κ3) is 2.69. The Labute approximate surface area is 115 Å². The van der Waals surface area contributed by atoms with Crippen LogP contribution in [0.15, 0.2) is 30.3 Å². The number of nitro groups is 1. The number of hydrogen-bond acceptors (Lipinski definition) is 4. The summed E-state index contributed by atoms with van der Waals surface area (Å²) in [6, 6.07) is 7.10. The molecule has 0 atom stereocenters. The third-order valence-electron chi connectivity index (χ3n) is 2.81. The monoisotopic (exact) mass is 274 g/mol. The summed E-state index contributed by atoms with van der Waals surface area (Å²) in [5, 5.41) is 24.2. The number of amides is 1. The average molecular weight is 274 g/mol. The molecule has 6 heteroatoms. The van der Waals surface area contributed by atoms with Gasteiger partial charge >= 0.3 is 0 Å². The first-order valence-electron chi connectivity index (χ1n) is 6.10. The highest BCUT2D eigenvalue weighted by Gasteiger charge is 2.13. The minimum Gasteiger partial charge on any atom is -0.507 e. The van der Waals surface area contributed by atoms with E-state index in [4.69, 9.17) is 0 Å². The normalized spacial score (nSPS) is 10.8. The maximum atomic E-state index is 11.9. The van der Waals surface area contributed by atoms with Crippen molar-refractivity contribution >= 4 is 22.4 Å². The molecule has 0 aromatic heterocycles. The summed E-state index contributed by atoms with van der Waals surface area (Å²) in [5.74, 6) is -0.432. The summed E-state index contributed by atoms with van der Waals surface area (Å²) in [5.41, 5.74) is 0.183. The molecule has 0 unspecified atom stereocenters. The van der Waals surface area contributed by atoms with Gasteiger partial charge in [0.2, 0.25) is 0 Å². The molecule has 0 bridgehead atoms. The predicted molar refractivity (Wildman–Crippen MR) is 74.9 cm³/mol. The highest BCUT2D eigenvalue weighted by atomic mass is 16.6. The molecule has 1 amide bonds. The van der Waals surface area contributed by atoms with Gasteiger partial charge in [0.1, 0.15) is 5.75 Å². The second-order valence-corrected chi connectivity index (χ2v) is 4.79. The quantitative estimate of drug-likeness (QED) is 0.664. The maximum Gasteiger partial charge on any atom is 0.273 e. The van der Waals surface area contributed by atoms with E-state index in [1.54, 1.807) is 12.1 Å². The van der Waals surface area contributed by atoms with Crippen LogP contribution in [0.1, 0.15) is 24.2 Å². The van der Waals surface area contributed by atoms with Gasteiger partial charge in [-0.05, 0) is 37.4 Å². The van der Waals surface area contributed by atoms with Crippen LogP contribution in [0.3, 0.4) is 0 Å². The van der Waals surface area contributed by atoms with Crippen LogP contribution in [0.4, 0.5) is 5.69 Å². The average Bonchev–Trinajstić information content (AvgIpc) is 2.37. The summed E-state index contributed by atoms with van der Waals surface area (Å²) < 4.78 is 0. The number of carbonyl (C=O) groups excluding carboxylic acids is 1. The van der Waals surface area contributed by atoms with Gasteiger partial charge in [-0.3, -0.25) is 14.9 Å². The highest BCUT2D eigenvalue weighted by Crippen LogP contribution is 2.30. The summed E-state index contributed by atoms with van der Waals surface area (Å²) in [6.07, 6.45) is 0. The molecule has 0 aliphatic carbocycles. The van der Waals surface area contributed by atoms with E-state index in [0.29, 0.717) is 16.3 Å². The molecule has 0 fully saturated rings. The molecule has 0 heterocycles. The van der Waals surface area contributed by atoms with Gasteiger partial charge in [-0.15, -0.1) is 0 Å². The lowest BCUT2D eigenvalue weighted by Crippen LogP contribution is -2.29. The first-order chi connectivity index (χ1) is 9.38. The van der Waals surface area contributed by atoms with E-state index in [-0.39, 0.29) is 23.4 Å². The molecule has 0 spiro atoms. The van der Waals surface area contributed by atoms with Crippen molar-refractivity contribution in [3.8, 4) is 5.75 Å².